The maximum atomic E-state index is 13.2. The lowest BCUT2D eigenvalue weighted by Crippen LogP contribution is -2.42. The Balaban J connectivity index is 1.68. The molecule has 1 aliphatic heterocycles. The summed E-state index contributed by atoms with van der Waals surface area (Å²) in [6, 6.07) is 11.4. The highest BCUT2D eigenvalue weighted by Crippen LogP contribution is 2.44. The van der Waals surface area contributed by atoms with E-state index >= 15 is 0 Å². The fourth-order valence-electron chi connectivity index (χ4n) is 3.67. The molecule has 2 aromatic rings. The van der Waals surface area contributed by atoms with Crippen LogP contribution in [0.15, 0.2) is 42.6 Å². The van der Waals surface area contributed by atoms with Crippen molar-refractivity contribution in [1.29, 1.82) is 0 Å². The fraction of sp³-hybridized carbons (Fsp3) is 0.368. The predicted octanol–water partition coefficient (Wildman–Crippen LogP) is 3.65. The Morgan fingerprint density at radius 3 is 2.67 bits per heavy atom. The standard InChI is InChI=1S/C19H20N2O3/c22-18(21-17-6-2-5-11-20-17)19(9-3-1-4-10-19)14-7-8-15-16(12-14)24-13-23-15/h2,5-8,11-12H,1,3-4,9-10,13H2,(H,20,21,22). The first-order valence-electron chi connectivity index (χ1n) is 8.41. The van der Waals surface area contributed by atoms with Crippen molar-refractivity contribution in [2.75, 3.05) is 12.1 Å². The first-order valence-corrected chi connectivity index (χ1v) is 8.41. The molecule has 5 heteroatoms. The average Bonchev–Trinajstić information content (AvgIpc) is 3.11. The third-order valence-corrected chi connectivity index (χ3v) is 4.97. The van der Waals surface area contributed by atoms with Crippen LogP contribution < -0.4 is 14.8 Å². The monoisotopic (exact) mass is 324 g/mol. The minimum atomic E-state index is -0.531. The van der Waals surface area contributed by atoms with Crippen LogP contribution in [0.4, 0.5) is 5.82 Å². The van der Waals surface area contributed by atoms with Gasteiger partial charge in [0.2, 0.25) is 12.7 Å². The quantitative estimate of drug-likeness (QED) is 0.936. The molecule has 1 N–H and O–H groups in total. The first-order chi connectivity index (χ1) is 11.8. The van der Waals surface area contributed by atoms with Gasteiger partial charge in [-0.1, -0.05) is 31.4 Å². The van der Waals surface area contributed by atoms with Gasteiger partial charge in [0.05, 0.1) is 5.41 Å². The van der Waals surface area contributed by atoms with Crippen molar-refractivity contribution < 1.29 is 14.3 Å². The van der Waals surface area contributed by atoms with Crippen LogP contribution >= 0.6 is 0 Å². The summed E-state index contributed by atoms with van der Waals surface area (Å²) < 4.78 is 10.9. The molecular weight excluding hydrogens is 304 g/mol. The maximum absolute atomic E-state index is 13.2. The van der Waals surface area contributed by atoms with Crippen molar-refractivity contribution >= 4 is 11.7 Å². The molecule has 2 heterocycles. The van der Waals surface area contributed by atoms with Crippen LogP contribution in [0.3, 0.4) is 0 Å². The number of carbonyl (C=O) groups is 1. The van der Waals surface area contributed by atoms with Gasteiger partial charge in [0, 0.05) is 6.20 Å². The van der Waals surface area contributed by atoms with E-state index in [-0.39, 0.29) is 12.7 Å². The van der Waals surface area contributed by atoms with Gasteiger partial charge in [0.25, 0.3) is 0 Å². The Hall–Kier alpha value is -2.56. The van der Waals surface area contributed by atoms with Crippen LogP contribution in [0.5, 0.6) is 11.5 Å². The largest absolute Gasteiger partial charge is 0.454 e. The van der Waals surface area contributed by atoms with Crippen LogP contribution in [0.1, 0.15) is 37.7 Å². The number of fused-ring (bicyclic) bond motifs is 1. The van der Waals surface area contributed by atoms with Gasteiger partial charge >= 0.3 is 0 Å². The third kappa shape index (κ3) is 2.60. The molecule has 0 saturated heterocycles. The summed E-state index contributed by atoms with van der Waals surface area (Å²) in [6.45, 7) is 0.242. The lowest BCUT2D eigenvalue weighted by Gasteiger charge is -2.36. The summed E-state index contributed by atoms with van der Waals surface area (Å²) in [6.07, 6.45) is 6.62. The minimum absolute atomic E-state index is 0.0137. The number of rotatable bonds is 3. The second-order valence-electron chi connectivity index (χ2n) is 6.38. The molecule has 4 rings (SSSR count). The number of benzene rings is 1. The summed E-state index contributed by atoms with van der Waals surface area (Å²) in [5, 5.41) is 3.00. The van der Waals surface area contributed by atoms with E-state index in [0.717, 1.165) is 42.7 Å². The number of hydrogen-bond acceptors (Lipinski definition) is 4. The molecule has 1 amide bonds. The Labute approximate surface area is 141 Å². The molecule has 0 spiro atoms. The Morgan fingerprint density at radius 2 is 1.88 bits per heavy atom. The molecule has 1 saturated carbocycles. The summed E-state index contributed by atoms with van der Waals surface area (Å²) in [5.74, 6) is 2.07. The highest BCUT2D eigenvalue weighted by molar-refractivity contribution is 5.98. The van der Waals surface area contributed by atoms with Crippen LogP contribution in [0.2, 0.25) is 0 Å². The molecule has 1 aromatic heterocycles. The number of aromatic nitrogens is 1. The number of nitrogens with one attached hydrogen (secondary N) is 1. The van der Waals surface area contributed by atoms with Gasteiger partial charge in [0.1, 0.15) is 5.82 Å². The normalized spacial score (nSPS) is 18.2. The molecule has 0 radical (unpaired) electrons. The van der Waals surface area contributed by atoms with Gasteiger partial charge in [-0.25, -0.2) is 4.98 Å². The van der Waals surface area contributed by atoms with Gasteiger partial charge in [-0.3, -0.25) is 4.79 Å². The van der Waals surface area contributed by atoms with Crippen LogP contribution in [0, 0.1) is 0 Å². The molecule has 0 atom stereocenters. The van der Waals surface area contributed by atoms with Gasteiger partial charge in [-0.15, -0.1) is 0 Å². The highest BCUT2D eigenvalue weighted by atomic mass is 16.7. The molecule has 5 nitrogen and oxygen atoms in total. The molecule has 0 unspecified atom stereocenters. The Morgan fingerprint density at radius 1 is 1.04 bits per heavy atom. The molecule has 24 heavy (non-hydrogen) atoms. The second kappa shape index (κ2) is 6.15. The van der Waals surface area contributed by atoms with E-state index in [9.17, 15) is 4.79 Å². The summed E-state index contributed by atoms with van der Waals surface area (Å²) >= 11 is 0. The minimum Gasteiger partial charge on any atom is -0.454 e. The molecule has 2 aliphatic rings. The summed E-state index contributed by atoms with van der Waals surface area (Å²) in [5.41, 5.74) is 0.469. The predicted molar refractivity (Wildman–Crippen MR) is 90.2 cm³/mol. The Bertz CT molecular complexity index is 740. The third-order valence-electron chi connectivity index (χ3n) is 4.97. The van der Waals surface area contributed by atoms with Gasteiger partial charge in [-0.2, -0.15) is 0 Å². The zero-order chi connectivity index (χ0) is 16.4. The van der Waals surface area contributed by atoms with E-state index in [1.54, 1.807) is 6.20 Å². The molecule has 1 fully saturated rings. The van der Waals surface area contributed by atoms with Crippen LogP contribution in [0.25, 0.3) is 0 Å². The zero-order valence-electron chi connectivity index (χ0n) is 13.5. The van der Waals surface area contributed by atoms with E-state index in [1.165, 1.54) is 6.42 Å². The van der Waals surface area contributed by atoms with Crippen molar-refractivity contribution in [2.45, 2.75) is 37.5 Å². The Kier molecular flexibility index (Phi) is 3.84. The number of carbonyl (C=O) groups excluding carboxylic acids is 1. The second-order valence-corrected chi connectivity index (χ2v) is 6.38. The first kappa shape index (κ1) is 15.0. The van der Waals surface area contributed by atoms with Crippen LogP contribution in [-0.2, 0) is 10.2 Å². The highest BCUT2D eigenvalue weighted by Gasteiger charge is 2.42. The average molecular weight is 324 g/mol. The van der Waals surface area contributed by atoms with E-state index in [2.05, 4.69) is 10.3 Å². The van der Waals surface area contributed by atoms with E-state index in [4.69, 9.17) is 9.47 Å². The molecular formula is C19H20N2O3. The van der Waals surface area contributed by atoms with Gasteiger partial charge in [-0.05, 0) is 42.7 Å². The zero-order valence-corrected chi connectivity index (χ0v) is 13.5. The van der Waals surface area contributed by atoms with E-state index in [0.29, 0.717) is 5.82 Å². The number of hydrogen-bond donors (Lipinski definition) is 1. The topological polar surface area (TPSA) is 60.5 Å². The lowest BCUT2D eigenvalue weighted by atomic mass is 9.68. The number of amides is 1. The molecule has 0 bridgehead atoms. The van der Waals surface area contributed by atoms with Crippen molar-refractivity contribution in [1.82, 2.24) is 4.98 Å². The van der Waals surface area contributed by atoms with Gasteiger partial charge in [0.15, 0.2) is 11.5 Å². The van der Waals surface area contributed by atoms with Gasteiger partial charge < -0.3 is 14.8 Å². The molecule has 124 valence electrons. The molecule has 1 aromatic carbocycles. The SMILES string of the molecule is O=C(Nc1ccccn1)C1(c2ccc3c(c2)OCO3)CCCCC1. The summed E-state index contributed by atoms with van der Waals surface area (Å²) in [4.78, 5) is 17.4. The van der Waals surface area contributed by atoms with Crippen molar-refractivity contribution in [3.8, 4) is 11.5 Å². The lowest BCUT2D eigenvalue weighted by molar-refractivity contribution is -0.122. The maximum Gasteiger partial charge on any atom is 0.236 e. The number of pyridine rings is 1. The molecule has 1 aliphatic carbocycles. The smallest absolute Gasteiger partial charge is 0.236 e. The van der Waals surface area contributed by atoms with E-state index in [1.807, 2.05) is 36.4 Å². The number of nitrogens with zero attached hydrogens (tertiary/aromatic N) is 1. The fourth-order valence-corrected chi connectivity index (χ4v) is 3.67. The van der Waals surface area contributed by atoms with Crippen molar-refractivity contribution in [2.24, 2.45) is 0 Å². The van der Waals surface area contributed by atoms with Crippen LogP contribution in [-0.4, -0.2) is 17.7 Å². The number of anilines is 1. The summed E-state index contributed by atoms with van der Waals surface area (Å²) in [7, 11) is 0. The van der Waals surface area contributed by atoms with Crippen molar-refractivity contribution in [3.05, 3.63) is 48.2 Å². The van der Waals surface area contributed by atoms with Crippen molar-refractivity contribution in [3.63, 3.8) is 0 Å². The number of ether oxygens (including phenoxy) is 2. The van der Waals surface area contributed by atoms with E-state index < -0.39 is 5.41 Å².